The number of H-pyrrole nitrogens is 1. The first kappa shape index (κ1) is 14.8. The minimum Gasteiger partial charge on any atom is -0.325 e. The number of aromatic nitrogens is 3. The van der Waals surface area contributed by atoms with Crippen molar-refractivity contribution in [3.8, 4) is 0 Å². The molecule has 0 spiro atoms. The number of halogens is 1. The molecule has 1 aromatic carbocycles. The smallest absolute Gasteiger partial charge is 0.325 e. The number of thioether (sulfide) groups is 1. The molecule has 0 saturated heterocycles. The number of hydrogen-bond donors (Lipinski definition) is 2. The molecule has 1 heterocycles. The van der Waals surface area contributed by atoms with Crippen LogP contribution >= 0.6 is 11.8 Å². The Labute approximate surface area is 130 Å². The Hall–Kier alpha value is -2.09. The second kappa shape index (κ2) is 5.96. The number of hydrogen-bond acceptors (Lipinski definition) is 4. The molecule has 2 N–H and O–H groups in total. The van der Waals surface area contributed by atoms with Crippen molar-refractivity contribution >= 4 is 23.4 Å². The van der Waals surface area contributed by atoms with Crippen molar-refractivity contribution in [1.82, 2.24) is 14.8 Å². The van der Waals surface area contributed by atoms with Crippen molar-refractivity contribution in [3.63, 3.8) is 0 Å². The molecule has 1 fully saturated rings. The van der Waals surface area contributed by atoms with Crippen molar-refractivity contribution < 1.29 is 9.18 Å². The maximum atomic E-state index is 13.1. The standard InChI is InChI=1S/C14H15FN4O2S/c1-8(12(20)16-10-4-2-3-9(15)7-10)22-14-18-17-13(21)19(14)11-5-6-11/h2-4,7-8,11H,5-6H2,1H3,(H,16,20)(H,17,21)/t8-/m1/s1. The van der Waals surface area contributed by atoms with Gasteiger partial charge in [-0.1, -0.05) is 17.8 Å². The fraction of sp³-hybridized carbons (Fsp3) is 0.357. The van der Waals surface area contributed by atoms with Crippen LogP contribution in [-0.4, -0.2) is 25.9 Å². The average Bonchev–Trinajstić information content (AvgIpc) is 3.24. The molecule has 0 radical (unpaired) electrons. The highest BCUT2D eigenvalue weighted by atomic mass is 32.2. The number of rotatable bonds is 5. The minimum absolute atomic E-state index is 0.187. The topological polar surface area (TPSA) is 79.8 Å². The van der Waals surface area contributed by atoms with Crippen LogP contribution in [0.3, 0.4) is 0 Å². The summed E-state index contributed by atoms with van der Waals surface area (Å²) in [5.41, 5.74) is 0.154. The van der Waals surface area contributed by atoms with E-state index in [9.17, 15) is 14.0 Å². The van der Waals surface area contributed by atoms with Gasteiger partial charge in [-0.05, 0) is 38.0 Å². The molecule has 1 atom stereocenters. The van der Waals surface area contributed by atoms with E-state index in [0.717, 1.165) is 12.8 Å². The first-order valence-corrected chi connectivity index (χ1v) is 7.82. The molecule has 0 bridgehead atoms. The second-order valence-electron chi connectivity index (χ2n) is 5.17. The Morgan fingerprint density at radius 2 is 2.32 bits per heavy atom. The Morgan fingerprint density at radius 1 is 1.55 bits per heavy atom. The van der Waals surface area contributed by atoms with Crippen LogP contribution in [0.2, 0.25) is 0 Å². The van der Waals surface area contributed by atoms with Crippen molar-refractivity contribution in [3.05, 3.63) is 40.6 Å². The van der Waals surface area contributed by atoms with Crippen LogP contribution in [0.1, 0.15) is 25.8 Å². The van der Waals surface area contributed by atoms with Gasteiger partial charge in [0.15, 0.2) is 5.16 Å². The van der Waals surface area contributed by atoms with Gasteiger partial charge in [-0.2, -0.15) is 0 Å². The Morgan fingerprint density at radius 3 is 3.00 bits per heavy atom. The van der Waals surface area contributed by atoms with E-state index in [0.29, 0.717) is 10.8 Å². The highest BCUT2D eigenvalue weighted by Gasteiger charge is 2.30. The maximum Gasteiger partial charge on any atom is 0.344 e. The summed E-state index contributed by atoms with van der Waals surface area (Å²) in [6.07, 6.45) is 1.91. The summed E-state index contributed by atoms with van der Waals surface area (Å²) < 4.78 is 14.7. The lowest BCUT2D eigenvalue weighted by atomic mass is 10.3. The molecule has 1 amide bonds. The average molecular weight is 322 g/mol. The van der Waals surface area contributed by atoms with Gasteiger partial charge >= 0.3 is 5.69 Å². The van der Waals surface area contributed by atoms with Crippen LogP contribution in [-0.2, 0) is 4.79 Å². The summed E-state index contributed by atoms with van der Waals surface area (Å²) in [6, 6.07) is 5.90. The van der Waals surface area contributed by atoms with Gasteiger partial charge in [0.25, 0.3) is 0 Å². The minimum atomic E-state index is -0.462. The van der Waals surface area contributed by atoms with E-state index in [1.807, 2.05) is 0 Å². The molecule has 0 unspecified atom stereocenters. The molecule has 2 aromatic rings. The number of anilines is 1. The van der Waals surface area contributed by atoms with Crippen LogP contribution in [0.15, 0.2) is 34.2 Å². The predicted molar refractivity (Wildman–Crippen MR) is 81.5 cm³/mol. The van der Waals surface area contributed by atoms with Gasteiger partial charge in [0.2, 0.25) is 5.91 Å². The van der Waals surface area contributed by atoms with Gasteiger partial charge in [-0.3, -0.25) is 9.36 Å². The number of nitrogens with zero attached hydrogens (tertiary/aromatic N) is 2. The number of benzene rings is 1. The van der Waals surface area contributed by atoms with Crippen LogP contribution in [0.4, 0.5) is 10.1 Å². The number of nitrogens with one attached hydrogen (secondary N) is 2. The van der Waals surface area contributed by atoms with Gasteiger partial charge in [0.1, 0.15) is 5.82 Å². The Balaban J connectivity index is 1.68. The zero-order chi connectivity index (χ0) is 15.7. The first-order chi connectivity index (χ1) is 10.5. The summed E-state index contributed by atoms with van der Waals surface area (Å²) in [4.78, 5) is 23.8. The van der Waals surface area contributed by atoms with Gasteiger partial charge in [0, 0.05) is 11.7 Å². The lowest BCUT2D eigenvalue weighted by Gasteiger charge is -2.12. The molecular formula is C14H15FN4O2S. The number of carbonyl (C=O) groups is 1. The highest BCUT2D eigenvalue weighted by Crippen LogP contribution is 2.36. The van der Waals surface area contributed by atoms with E-state index in [4.69, 9.17) is 0 Å². The van der Waals surface area contributed by atoms with Crippen molar-refractivity contribution in [1.29, 1.82) is 0 Å². The van der Waals surface area contributed by atoms with Crippen LogP contribution in [0.5, 0.6) is 0 Å². The zero-order valence-electron chi connectivity index (χ0n) is 11.9. The summed E-state index contributed by atoms with van der Waals surface area (Å²) in [6.45, 7) is 1.72. The van der Waals surface area contributed by atoms with Crippen LogP contribution < -0.4 is 11.0 Å². The monoisotopic (exact) mass is 322 g/mol. The van der Waals surface area contributed by atoms with Crippen LogP contribution in [0, 0.1) is 5.82 Å². The third kappa shape index (κ3) is 3.22. The molecule has 0 aliphatic heterocycles. The first-order valence-electron chi connectivity index (χ1n) is 6.94. The zero-order valence-corrected chi connectivity index (χ0v) is 12.7. The number of aromatic amines is 1. The molecule has 1 aromatic heterocycles. The maximum absolute atomic E-state index is 13.1. The van der Waals surface area contributed by atoms with E-state index in [2.05, 4.69) is 15.5 Å². The number of carbonyl (C=O) groups excluding carboxylic acids is 1. The molecule has 1 aliphatic carbocycles. The predicted octanol–water partition coefficient (Wildman–Crippen LogP) is 2.16. The lowest BCUT2D eigenvalue weighted by molar-refractivity contribution is -0.115. The van der Waals surface area contributed by atoms with E-state index in [1.54, 1.807) is 17.6 Å². The summed E-state index contributed by atoms with van der Waals surface area (Å²) in [7, 11) is 0. The normalized spacial score (nSPS) is 15.5. The van der Waals surface area contributed by atoms with Crippen molar-refractivity contribution in [2.45, 2.75) is 36.2 Å². The Kier molecular flexibility index (Phi) is 4.02. The number of amides is 1. The van der Waals surface area contributed by atoms with Gasteiger partial charge in [0.05, 0.1) is 5.25 Å². The molecule has 22 heavy (non-hydrogen) atoms. The third-order valence-electron chi connectivity index (χ3n) is 3.33. The summed E-state index contributed by atoms with van der Waals surface area (Å²) in [5.74, 6) is -0.679. The highest BCUT2D eigenvalue weighted by molar-refractivity contribution is 8.00. The third-order valence-corrected chi connectivity index (χ3v) is 4.39. The van der Waals surface area contributed by atoms with Gasteiger partial charge < -0.3 is 5.32 Å². The van der Waals surface area contributed by atoms with Gasteiger partial charge in [-0.15, -0.1) is 5.10 Å². The Bertz CT molecular complexity index is 753. The summed E-state index contributed by atoms with van der Waals surface area (Å²) in [5, 5.41) is 9.08. The van der Waals surface area contributed by atoms with Crippen molar-refractivity contribution in [2.75, 3.05) is 5.32 Å². The lowest BCUT2D eigenvalue weighted by Crippen LogP contribution is -2.23. The molecule has 116 valence electrons. The molecule has 8 heteroatoms. The molecule has 6 nitrogen and oxygen atoms in total. The molecule has 1 aliphatic rings. The van der Waals surface area contributed by atoms with E-state index in [-0.39, 0.29) is 17.6 Å². The quantitative estimate of drug-likeness (QED) is 0.827. The van der Waals surface area contributed by atoms with E-state index < -0.39 is 11.1 Å². The van der Waals surface area contributed by atoms with E-state index in [1.165, 1.54) is 30.0 Å². The fourth-order valence-corrected chi connectivity index (χ4v) is 2.98. The molecular weight excluding hydrogens is 307 g/mol. The van der Waals surface area contributed by atoms with E-state index >= 15 is 0 Å². The summed E-state index contributed by atoms with van der Waals surface area (Å²) >= 11 is 1.21. The second-order valence-corrected chi connectivity index (χ2v) is 6.48. The SMILES string of the molecule is C[C@@H](Sc1n[nH]c(=O)n1C1CC1)C(=O)Nc1cccc(F)c1. The fourth-order valence-electron chi connectivity index (χ4n) is 2.05. The van der Waals surface area contributed by atoms with Gasteiger partial charge in [-0.25, -0.2) is 14.3 Å². The molecule has 3 rings (SSSR count). The molecule has 1 saturated carbocycles. The van der Waals surface area contributed by atoms with Crippen molar-refractivity contribution in [2.24, 2.45) is 0 Å². The van der Waals surface area contributed by atoms with Crippen LogP contribution in [0.25, 0.3) is 0 Å². The largest absolute Gasteiger partial charge is 0.344 e.